The molecule has 34 heavy (non-hydrogen) atoms. The first-order valence-corrected chi connectivity index (χ1v) is 11.9. The van der Waals surface area contributed by atoms with E-state index in [2.05, 4.69) is 10.4 Å². The average Bonchev–Trinajstić information content (AvgIpc) is 3.57. The van der Waals surface area contributed by atoms with Gasteiger partial charge in [0.2, 0.25) is 12.7 Å². The Balaban J connectivity index is 1.20. The first kappa shape index (κ1) is 20.8. The number of aromatic nitrogens is 4. The lowest BCUT2D eigenvalue weighted by atomic mass is 10.2. The van der Waals surface area contributed by atoms with Crippen molar-refractivity contribution in [1.29, 1.82) is 0 Å². The number of amides is 1. The molecule has 9 nitrogen and oxygen atoms in total. The molecule has 1 atom stereocenters. The van der Waals surface area contributed by atoms with E-state index >= 15 is 0 Å². The Labute approximate surface area is 198 Å². The molecule has 6 rings (SSSR count). The van der Waals surface area contributed by atoms with Crippen LogP contribution in [0.15, 0.2) is 58.6 Å². The largest absolute Gasteiger partial charge is 0.454 e. The molecule has 2 aliphatic rings. The van der Waals surface area contributed by atoms with E-state index in [1.54, 1.807) is 15.4 Å². The van der Waals surface area contributed by atoms with Crippen LogP contribution in [0.25, 0.3) is 16.7 Å². The summed E-state index contributed by atoms with van der Waals surface area (Å²) in [5.41, 5.74) is 3.27. The summed E-state index contributed by atoms with van der Waals surface area (Å²) in [6.45, 7) is 2.60. The molecular formula is C24H21N5O4S. The third-order valence-corrected chi connectivity index (χ3v) is 7.09. The second-order valence-electron chi connectivity index (χ2n) is 8.33. The molecule has 4 aromatic rings. The minimum Gasteiger partial charge on any atom is -0.454 e. The summed E-state index contributed by atoms with van der Waals surface area (Å²) in [5.74, 6) is 1.88. The fraction of sp³-hybridized carbons (Fsp3) is 0.250. The van der Waals surface area contributed by atoms with E-state index < -0.39 is 0 Å². The number of thioether (sulfide) groups is 1. The van der Waals surface area contributed by atoms with Gasteiger partial charge in [0.1, 0.15) is 5.39 Å². The van der Waals surface area contributed by atoms with Crippen molar-refractivity contribution in [3.63, 3.8) is 0 Å². The number of carbonyl (C=O) groups is 1. The Bertz CT molecular complexity index is 1480. The highest BCUT2D eigenvalue weighted by atomic mass is 32.2. The molecule has 1 unspecified atom stereocenters. The number of rotatable bonds is 5. The molecular weight excluding hydrogens is 454 g/mol. The first-order chi connectivity index (χ1) is 16.6. The highest BCUT2D eigenvalue weighted by Gasteiger charge is 2.29. The Morgan fingerprint density at radius 3 is 2.85 bits per heavy atom. The molecule has 2 aromatic carbocycles. The molecule has 172 valence electrons. The van der Waals surface area contributed by atoms with Crippen molar-refractivity contribution in [2.75, 3.05) is 12.5 Å². The molecule has 0 aliphatic carbocycles. The second-order valence-corrected chi connectivity index (χ2v) is 9.32. The van der Waals surface area contributed by atoms with Gasteiger partial charge in [0.05, 0.1) is 17.9 Å². The number of fused-ring (bicyclic) bond motifs is 3. The van der Waals surface area contributed by atoms with Crippen molar-refractivity contribution in [3.8, 4) is 17.2 Å². The standard InChI is InChI=1S/C24H21N5O4S/c1-14-2-5-16(6-3-14)29-22-18(11-26-29)23(31)28-17(12-34-24(28)27-22)9-21(30)25-10-15-4-7-19-20(8-15)33-13-32-19/h2-8,11,17H,9-10,12-13H2,1H3,(H,25,30). The van der Waals surface area contributed by atoms with Gasteiger partial charge < -0.3 is 14.8 Å². The van der Waals surface area contributed by atoms with Crippen molar-refractivity contribution in [2.24, 2.45) is 0 Å². The Morgan fingerprint density at radius 1 is 1.18 bits per heavy atom. The molecule has 2 aliphatic heterocycles. The fourth-order valence-corrected chi connectivity index (χ4v) is 5.32. The highest BCUT2D eigenvalue weighted by molar-refractivity contribution is 7.99. The van der Waals surface area contributed by atoms with E-state index in [9.17, 15) is 9.59 Å². The van der Waals surface area contributed by atoms with Gasteiger partial charge in [0.15, 0.2) is 22.3 Å². The van der Waals surface area contributed by atoms with Gasteiger partial charge in [-0.1, -0.05) is 35.5 Å². The lowest BCUT2D eigenvalue weighted by molar-refractivity contribution is -0.121. The van der Waals surface area contributed by atoms with Crippen LogP contribution in [0.1, 0.15) is 23.6 Å². The molecule has 0 fully saturated rings. The van der Waals surface area contributed by atoms with Gasteiger partial charge >= 0.3 is 0 Å². The SMILES string of the molecule is Cc1ccc(-n2ncc3c(=O)n4c(nc32)SCC4CC(=O)NCc2ccc3c(c2)OCO3)cc1. The van der Waals surface area contributed by atoms with Gasteiger partial charge in [-0.15, -0.1) is 0 Å². The van der Waals surface area contributed by atoms with Crippen molar-refractivity contribution in [2.45, 2.75) is 31.1 Å². The highest BCUT2D eigenvalue weighted by Crippen LogP contribution is 2.34. The van der Waals surface area contributed by atoms with E-state index in [-0.39, 0.29) is 30.7 Å². The van der Waals surface area contributed by atoms with Gasteiger partial charge in [-0.05, 0) is 36.8 Å². The molecule has 1 N–H and O–H groups in total. The summed E-state index contributed by atoms with van der Waals surface area (Å²) in [7, 11) is 0. The van der Waals surface area contributed by atoms with Crippen LogP contribution in [0.3, 0.4) is 0 Å². The van der Waals surface area contributed by atoms with Crippen molar-refractivity contribution in [3.05, 3.63) is 70.1 Å². The third kappa shape index (κ3) is 3.60. The van der Waals surface area contributed by atoms with Crippen molar-refractivity contribution < 1.29 is 14.3 Å². The summed E-state index contributed by atoms with van der Waals surface area (Å²) in [6, 6.07) is 13.2. The number of ether oxygens (including phenoxy) is 2. The van der Waals surface area contributed by atoms with Gasteiger partial charge in [-0.3, -0.25) is 14.2 Å². The Kier molecular flexibility index (Phi) is 5.02. The zero-order valence-corrected chi connectivity index (χ0v) is 19.2. The molecule has 0 spiro atoms. The molecule has 4 heterocycles. The monoisotopic (exact) mass is 475 g/mol. The summed E-state index contributed by atoms with van der Waals surface area (Å²) in [5, 5.41) is 8.39. The molecule has 0 bridgehead atoms. The zero-order chi connectivity index (χ0) is 23.2. The van der Waals surface area contributed by atoms with Crippen LogP contribution in [0.5, 0.6) is 11.5 Å². The minimum atomic E-state index is -0.260. The topological polar surface area (TPSA) is 100 Å². The minimum absolute atomic E-state index is 0.126. The fourth-order valence-electron chi connectivity index (χ4n) is 4.19. The summed E-state index contributed by atoms with van der Waals surface area (Å²) in [4.78, 5) is 30.7. The number of hydrogen-bond donors (Lipinski definition) is 1. The van der Waals surface area contributed by atoms with Crippen LogP contribution in [-0.4, -0.2) is 37.8 Å². The van der Waals surface area contributed by atoms with Crippen LogP contribution in [0.4, 0.5) is 0 Å². The van der Waals surface area contributed by atoms with Gasteiger partial charge in [-0.2, -0.15) is 5.10 Å². The maximum atomic E-state index is 13.3. The van der Waals surface area contributed by atoms with Crippen molar-refractivity contribution >= 4 is 28.7 Å². The molecule has 10 heteroatoms. The van der Waals surface area contributed by atoms with Crippen LogP contribution >= 0.6 is 11.8 Å². The lowest BCUT2D eigenvalue weighted by Crippen LogP contribution is -2.30. The van der Waals surface area contributed by atoms with E-state index in [0.29, 0.717) is 40.0 Å². The maximum absolute atomic E-state index is 13.3. The first-order valence-electron chi connectivity index (χ1n) is 10.9. The summed E-state index contributed by atoms with van der Waals surface area (Å²) >= 11 is 1.48. The molecule has 0 saturated carbocycles. The van der Waals surface area contributed by atoms with Crippen LogP contribution in [0, 0.1) is 6.92 Å². The maximum Gasteiger partial charge on any atom is 0.265 e. The number of nitrogens with zero attached hydrogens (tertiary/aromatic N) is 4. The summed E-state index contributed by atoms with van der Waals surface area (Å²) < 4.78 is 14.0. The van der Waals surface area contributed by atoms with Gasteiger partial charge in [0.25, 0.3) is 5.56 Å². The average molecular weight is 476 g/mol. The second kappa shape index (κ2) is 8.21. The smallest absolute Gasteiger partial charge is 0.265 e. The van der Waals surface area contributed by atoms with Crippen LogP contribution in [-0.2, 0) is 11.3 Å². The normalized spacial score (nSPS) is 16.1. The van der Waals surface area contributed by atoms with E-state index in [4.69, 9.17) is 14.5 Å². The van der Waals surface area contributed by atoms with E-state index in [0.717, 1.165) is 16.8 Å². The molecule has 2 aromatic heterocycles. The number of benzene rings is 2. The summed E-state index contributed by atoms with van der Waals surface area (Å²) in [6.07, 6.45) is 1.75. The molecule has 0 saturated heterocycles. The molecule has 1 amide bonds. The lowest BCUT2D eigenvalue weighted by Gasteiger charge is -2.13. The Hall–Kier alpha value is -3.79. The number of aryl methyl sites for hydroxylation is 1. The molecule has 0 radical (unpaired) electrons. The predicted molar refractivity (Wildman–Crippen MR) is 127 cm³/mol. The van der Waals surface area contributed by atoms with E-state index in [1.807, 2.05) is 49.4 Å². The van der Waals surface area contributed by atoms with E-state index in [1.165, 1.54) is 11.8 Å². The number of carbonyl (C=O) groups excluding carboxylic acids is 1. The Morgan fingerprint density at radius 2 is 2.00 bits per heavy atom. The number of hydrogen-bond acceptors (Lipinski definition) is 7. The zero-order valence-electron chi connectivity index (χ0n) is 18.4. The third-order valence-electron chi connectivity index (χ3n) is 6.00. The number of nitrogens with one attached hydrogen (secondary N) is 1. The quantitative estimate of drug-likeness (QED) is 0.443. The van der Waals surface area contributed by atoms with Gasteiger partial charge in [-0.25, -0.2) is 9.67 Å². The van der Waals surface area contributed by atoms with Gasteiger partial charge in [0, 0.05) is 18.7 Å². The predicted octanol–water partition coefficient (Wildman–Crippen LogP) is 2.97. The van der Waals surface area contributed by atoms with Crippen molar-refractivity contribution in [1.82, 2.24) is 24.6 Å². The van der Waals surface area contributed by atoms with Crippen LogP contribution < -0.4 is 20.3 Å². The van der Waals surface area contributed by atoms with Crippen LogP contribution in [0.2, 0.25) is 0 Å².